The average Bonchev–Trinajstić information content (AvgIpc) is 2.76. The Bertz CT molecular complexity index is 449. The minimum atomic E-state index is 0.139. The molecule has 0 aliphatic heterocycles. The van der Waals surface area contributed by atoms with Crippen molar-refractivity contribution < 1.29 is 4.79 Å². The third-order valence-corrected chi connectivity index (χ3v) is 5.44. The molecule has 3 nitrogen and oxygen atoms in total. The fourth-order valence-corrected chi connectivity index (χ4v) is 3.96. The van der Waals surface area contributed by atoms with Crippen molar-refractivity contribution in [3.63, 3.8) is 0 Å². The van der Waals surface area contributed by atoms with E-state index in [4.69, 9.17) is 0 Å². The molecule has 1 saturated carbocycles. The lowest BCUT2D eigenvalue weighted by atomic mass is 9.88. The quantitative estimate of drug-likeness (QED) is 0.842. The maximum Gasteiger partial charge on any atom is 0.225 e. The van der Waals surface area contributed by atoms with Crippen LogP contribution in [-0.4, -0.2) is 22.8 Å². The number of aryl methyl sites for hydroxylation is 2. The highest BCUT2D eigenvalue weighted by molar-refractivity contribution is 7.11. The molecular formula is C15H24N2OS. The Kier molecular flexibility index (Phi) is 4.61. The zero-order valence-corrected chi connectivity index (χ0v) is 13.2. The maximum atomic E-state index is 12.5. The fraction of sp³-hybridized carbons (Fsp3) is 0.733. The lowest BCUT2D eigenvalue weighted by molar-refractivity contribution is -0.137. The van der Waals surface area contributed by atoms with Crippen LogP contribution in [0.2, 0.25) is 0 Å². The maximum absolute atomic E-state index is 12.5. The lowest BCUT2D eigenvalue weighted by Crippen LogP contribution is -2.35. The van der Waals surface area contributed by atoms with Crippen LogP contribution in [0.5, 0.6) is 0 Å². The van der Waals surface area contributed by atoms with Crippen LogP contribution < -0.4 is 0 Å². The number of hydrogen-bond acceptors (Lipinski definition) is 3. The fourth-order valence-electron chi connectivity index (χ4n) is 2.94. The van der Waals surface area contributed by atoms with Crippen LogP contribution in [0, 0.1) is 19.8 Å². The van der Waals surface area contributed by atoms with E-state index in [1.807, 2.05) is 25.8 Å². The summed E-state index contributed by atoms with van der Waals surface area (Å²) in [5, 5.41) is 1.08. The van der Waals surface area contributed by atoms with E-state index in [-0.39, 0.29) is 12.0 Å². The summed E-state index contributed by atoms with van der Waals surface area (Å²) in [6.07, 6.45) is 5.83. The third kappa shape index (κ3) is 3.16. The van der Waals surface area contributed by atoms with E-state index in [1.165, 1.54) is 24.1 Å². The van der Waals surface area contributed by atoms with Crippen molar-refractivity contribution in [2.24, 2.45) is 5.92 Å². The van der Waals surface area contributed by atoms with Crippen LogP contribution in [0.15, 0.2) is 0 Å². The molecule has 1 heterocycles. The molecule has 0 bridgehead atoms. The number of nitrogens with zero attached hydrogens (tertiary/aromatic N) is 2. The predicted octanol–water partition coefficient (Wildman–Crippen LogP) is 3.86. The highest BCUT2D eigenvalue weighted by Crippen LogP contribution is 2.31. The molecule has 1 fully saturated rings. The van der Waals surface area contributed by atoms with Crippen molar-refractivity contribution in [3.05, 3.63) is 15.6 Å². The predicted molar refractivity (Wildman–Crippen MR) is 79.3 cm³/mol. The van der Waals surface area contributed by atoms with E-state index < -0.39 is 0 Å². The molecule has 4 heteroatoms. The zero-order valence-electron chi connectivity index (χ0n) is 12.4. The molecule has 1 aliphatic carbocycles. The molecule has 19 heavy (non-hydrogen) atoms. The standard InChI is InChI=1S/C15H24N2OS/c1-10-14(19-12(3)16-10)11(2)17(4)15(18)13-8-6-5-7-9-13/h11,13H,5-9H2,1-4H3/t11-/m1/s1. The van der Waals surface area contributed by atoms with Crippen LogP contribution in [0.3, 0.4) is 0 Å². The Hall–Kier alpha value is -0.900. The molecule has 0 unspecified atom stereocenters. The first-order valence-corrected chi connectivity index (χ1v) is 8.03. The van der Waals surface area contributed by atoms with Gasteiger partial charge in [0.05, 0.1) is 16.7 Å². The van der Waals surface area contributed by atoms with Crippen molar-refractivity contribution in [3.8, 4) is 0 Å². The van der Waals surface area contributed by atoms with E-state index in [2.05, 4.69) is 11.9 Å². The first-order chi connectivity index (χ1) is 9.00. The Morgan fingerprint density at radius 2 is 1.95 bits per heavy atom. The van der Waals surface area contributed by atoms with Crippen LogP contribution in [0.1, 0.15) is 60.6 Å². The van der Waals surface area contributed by atoms with Crippen LogP contribution in [0.4, 0.5) is 0 Å². The molecule has 1 aromatic rings. The smallest absolute Gasteiger partial charge is 0.225 e. The highest BCUT2D eigenvalue weighted by Gasteiger charge is 2.28. The summed E-state index contributed by atoms with van der Waals surface area (Å²) < 4.78 is 0. The van der Waals surface area contributed by atoms with Gasteiger partial charge in [-0.15, -0.1) is 11.3 Å². The minimum absolute atomic E-state index is 0.139. The largest absolute Gasteiger partial charge is 0.338 e. The van der Waals surface area contributed by atoms with Crippen molar-refractivity contribution >= 4 is 17.2 Å². The van der Waals surface area contributed by atoms with Crippen LogP contribution in [-0.2, 0) is 4.79 Å². The molecular weight excluding hydrogens is 256 g/mol. The van der Waals surface area contributed by atoms with Gasteiger partial charge < -0.3 is 4.90 Å². The molecule has 0 aromatic carbocycles. The summed E-state index contributed by atoms with van der Waals surface area (Å²) in [7, 11) is 1.94. The van der Waals surface area contributed by atoms with Gasteiger partial charge in [-0.05, 0) is 33.6 Å². The molecule has 0 spiro atoms. The van der Waals surface area contributed by atoms with Gasteiger partial charge in [-0.25, -0.2) is 4.98 Å². The van der Waals surface area contributed by atoms with E-state index in [9.17, 15) is 4.79 Å². The van der Waals surface area contributed by atoms with Gasteiger partial charge in [0, 0.05) is 17.8 Å². The Labute approximate surface area is 120 Å². The molecule has 106 valence electrons. The van der Waals surface area contributed by atoms with Gasteiger partial charge in [-0.2, -0.15) is 0 Å². The van der Waals surface area contributed by atoms with Gasteiger partial charge in [0.2, 0.25) is 5.91 Å². The second kappa shape index (κ2) is 6.04. The molecule has 1 aromatic heterocycles. The van der Waals surface area contributed by atoms with Crippen LogP contribution in [0.25, 0.3) is 0 Å². The summed E-state index contributed by atoms with van der Waals surface area (Å²) in [6, 6.07) is 0.139. The second-order valence-corrected chi connectivity index (χ2v) is 6.88. The Balaban J connectivity index is 2.07. The van der Waals surface area contributed by atoms with E-state index in [1.54, 1.807) is 11.3 Å². The van der Waals surface area contributed by atoms with E-state index in [0.29, 0.717) is 5.91 Å². The molecule has 0 radical (unpaired) electrons. The summed E-state index contributed by atoms with van der Waals surface area (Å²) in [5.74, 6) is 0.563. The van der Waals surface area contributed by atoms with Crippen LogP contribution >= 0.6 is 11.3 Å². The summed E-state index contributed by atoms with van der Waals surface area (Å²) in [4.78, 5) is 20.2. The SMILES string of the molecule is Cc1nc(C)c([C@@H](C)N(C)C(=O)C2CCCCC2)s1. The zero-order chi connectivity index (χ0) is 14.0. The number of carbonyl (C=O) groups excluding carboxylic acids is 1. The van der Waals surface area contributed by atoms with Crippen molar-refractivity contribution in [1.82, 2.24) is 9.88 Å². The average molecular weight is 280 g/mol. The molecule has 2 rings (SSSR count). The summed E-state index contributed by atoms with van der Waals surface area (Å²) >= 11 is 1.71. The second-order valence-electron chi connectivity index (χ2n) is 5.64. The van der Waals surface area contributed by atoms with Crippen molar-refractivity contribution in [2.75, 3.05) is 7.05 Å². The number of amides is 1. The van der Waals surface area contributed by atoms with Gasteiger partial charge in [-0.3, -0.25) is 4.79 Å². The number of aromatic nitrogens is 1. The number of rotatable bonds is 3. The molecule has 0 N–H and O–H groups in total. The number of carbonyl (C=O) groups is 1. The van der Waals surface area contributed by atoms with Gasteiger partial charge in [0.1, 0.15) is 0 Å². The number of thiazole rings is 1. The Morgan fingerprint density at radius 1 is 1.32 bits per heavy atom. The Morgan fingerprint density at radius 3 is 2.47 bits per heavy atom. The van der Waals surface area contributed by atoms with Gasteiger partial charge >= 0.3 is 0 Å². The third-order valence-electron chi connectivity index (χ3n) is 4.20. The topological polar surface area (TPSA) is 33.2 Å². The van der Waals surface area contributed by atoms with Gasteiger partial charge in [-0.1, -0.05) is 19.3 Å². The first kappa shape index (κ1) is 14.5. The normalized spacial score (nSPS) is 18.3. The summed E-state index contributed by atoms with van der Waals surface area (Å²) in [5.41, 5.74) is 1.07. The van der Waals surface area contributed by atoms with Gasteiger partial charge in [0.25, 0.3) is 0 Å². The van der Waals surface area contributed by atoms with Crippen molar-refractivity contribution in [2.45, 2.75) is 58.9 Å². The lowest BCUT2D eigenvalue weighted by Gasteiger charge is -2.30. The minimum Gasteiger partial charge on any atom is -0.338 e. The highest BCUT2D eigenvalue weighted by atomic mass is 32.1. The molecule has 1 amide bonds. The summed E-state index contributed by atoms with van der Waals surface area (Å²) in [6.45, 7) is 6.17. The molecule has 1 aliphatic rings. The number of hydrogen-bond donors (Lipinski definition) is 0. The van der Waals surface area contributed by atoms with Crippen molar-refractivity contribution in [1.29, 1.82) is 0 Å². The van der Waals surface area contributed by atoms with E-state index >= 15 is 0 Å². The monoisotopic (exact) mass is 280 g/mol. The molecule has 0 saturated heterocycles. The first-order valence-electron chi connectivity index (χ1n) is 7.21. The molecule has 1 atom stereocenters. The van der Waals surface area contributed by atoms with Gasteiger partial charge in [0.15, 0.2) is 0 Å². The van der Waals surface area contributed by atoms with E-state index in [0.717, 1.165) is 23.5 Å².